The number of hydrogen-bond acceptors (Lipinski definition) is 7. The van der Waals surface area contributed by atoms with Gasteiger partial charge in [0, 0.05) is 27.9 Å². The van der Waals surface area contributed by atoms with E-state index in [1.165, 1.54) is 22.2 Å². The van der Waals surface area contributed by atoms with Crippen LogP contribution in [-0.2, 0) is 11.2 Å². The number of fused-ring (bicyclic) bond motifs is 2. The second kappa shape index (κ2) is 7.86. The fourth-order valence-electron chi connectivity index (χ4n) is 4.03. The van der Waals surface area contributed by atoms with E-state index in [0.717, 1.165) is 13.0 Å². The summed E-state index contributed by atoms with van der Waals surface area (Å²) in [5.74, 6) is 0.766. The van der Waals surface area contributed by atoms with Gasteiger partial charge in [-0.1, -0.05) is 6.07 Å². The van der Waals surface area contributed by atoms with Crippen molar-refractivity contribution in [3.05, 3.63) is 62.0 Å². The van der Waals surface area contributed by atoms with Gasteiger partial charge in [-0.05, 0) is 47.9 Å². The second-order valence-electron chi connectivity index (χ2n) is 7.29. The summed E-state index contributed by atoms with van der Waals surface area (Å²) in [6, 6.07) is 9.72. The van der Waals surface area contributed by atoms with Crippen LogP contribution >= 0.6 is 22.7 Å². The quantitative estimate of drug-likeness (QED) is 0.598. The number of Topliss-reactive ketones (excluding diaryl/α,β-unsaturated/α-hetero) is 1. The van der Waals surface area contributed by atoms with Crippen LogP contribution in [0.15, 0.2) is 41.1 Å². The molecule has 8 heteroatoms. The summed E-state index contributed by atoms with van der Waals surface area (Å²) in [5, 5.41) is 7.12. The van der Waals surface area contributed by atoms with Crippen LogP contribution in [0.1, 0.15) is 38.6 Å². The molecule has 154 valence electrons. The summed E-state index contributed by atoms with van der Waals surface area (Å²) < 4.78 is 10.8. The lowest BCUT2D eigenvalue weighted by atomic mass is 9.98. The molecule has 6 nitrogen and oxygen atoms in total. The molecule has 30 heavy (non-hydrogen) atoms. The summed E-state index contributed by atoms with van der Waals surface area (Å²) in [7, 11) is 0. The molecule has 2 aromatic heterocycles. The molecule has 0 fully saturated rings. The van der Waals surface area contributed by atoms with E-state index in [4.69, 9.17) is 9.47 Å². The van der Waals surface area contributed by atoms with Gasteiger partial charge < -0.3 is 14.8 Å². The molecule has 1 aromatic carbocycles. The Balaban J connectivity index is 1.39. The average molecular weight is 441 g/mol. The first kappa shape index (κ1) is 19.3. The van der Waals surface area contributed by atoms with Crippen LogP contribution in [0.5, 0.6) is 11.5 Å². The minimum absolute atomic E-state index is 0.0785. The van der Waals surface area contributed by atoms with E-state index in [9.17, 15) is 9.59 Å². The van der Waals surface area contributed by atoms with Crippen molar-refractivity contribution in [2.45, 2.75) is 19.4 Å². The lowest BCUT2D eigenvalue weighted by molar-refractivity contribution is -0.117. The fraction of sp³-hybridized carbons (Fsp3) is 0.273. The van der Waals surface area contributed by atoms with Crippen molar-refractivity contribution in [2.75, 3.05) is 25.2 Å². The summed E-state index contributed by atoms with van der Waals surface area (Å²) in [6.45, 7) is 2.64. The maximum absolute atomic E-state index is 13.0. The van der Waals surface area contributed by atoms with Gasteiger partial charge in [-0.15, -0.1) is 22.7 Å². The minimum Gasteiger partial charge on any atom is -0.454 e. The third-order valence-corrected chi connectivity index (χ3v) is 7.31. The van der Waals surface area contributed by atoms with Gasteiger partial charge in [0.05, 0.1) is 18.3 Å². The number of nitrogens with zero attached hydrogens (tertiary/aromatic N) is 1. The van der Waals surface area contributed by atoms with Crippen molar-refractivity contribution < 1.29 is 19.1 Å². The van der Waals surface area contributed by atoms with E-state index < -0.39 is 0 Å². The Morgan fingerprint density at radius 3 is 2.77 bits per heavy atom. The standard InChI is InChI=1S/C22H20N2O4S2/c1-13(25)15-9-17-18(28-12-27-17)10-16(15)23-21(26)11-24-6-4-19-14(5-8-30-19)22(24)20-3-2-7-29-20/h2-3,5,7-10,22H,4,6,11-12H2,1H3,(H,23,26). The Morgan fingerprint density at radius 1 is 1.17 bits per heavy atom. The first-order valence-electron chi connectivity index (χ1n) is 9.68. The van der Waals surface area contributed by atoms with Gasteiger partial charge in [-0.25, -0.2) is 0 Å². The van der Waals surface area contributed by atoms with Crippen LogP contribution in [0.3, 0.4) is 0 Å². The highest BCUT2D eigenvalue weighted by Gasteiger charge is 2.31. The molecule has 0 saturated heterocycles. The number of carbonyl (C=O) groups is 2. The van der Waals surface area contributed by atoms with Crippen LogP contribution < -0.4 is 14.8 Å². The molecule has 2 aliphatic rings. The van der Waals surface area contributed by atoms with Gasteiger partial charge in [-0.2, -0.15) is 0 Å². The van der Waals surface area contributed by atoms with Crippen LogP contribution in [0.2, 0.25) is 0 Å². The highest BCUT2D eigenvalue weighted by molar-refractivity contribution is 7.10. The Kier molecular flexibility index (Phi) is 5.06. The Bertz CT molecular complexity index is 1110. The summed E-state index contributed by atoms with van der Waals surface area (Å²) in [5.41, 5.74) is 2.16. The van der Waals surface area contributed by atoms with Crippen molar-refractivity contribution in [3.8, 4) is 11.5 Å². The predicted octanol–water partition coefficient (Wildman–Crippen LogP) is 4.33. The lowest BCUT2D eigenvalue weighted by Crippen LogP contribution is -2.40. The Labute approximate surface area is 182 Å². The van der Waals surface area contributed by atoms with E-state index in [1.807, 2.05) is 6.07 Å². The number of thiophene rings is 2. The van der Waals surface area contributed by atoms with E-state index in [1.54, 1.807) is 34.8 Å². The number of benzene rings is 1. The van der Waals surface area contributed by atoms with E-state index in [2.05, 4.69) is 33.1 Å². The Morgan fingerprint density at radius 2 is 2.00 bits per heavy atom. The lowest BCUT2D eigenvalue weighted by Gasteiger charge is -2.34. The van der Waals surface area contributed by atoms with Crippen molar-refractivity contribution in [3.63, 3.8) is 0 Å². The van der Waals surface area contributed by atoms with E-state index in [-0.39, 0.29) is 31.1 Å². The Hall–Kier alpha value is -2.68. The monoisotopic (exact) mass is 440 g/mol. The highest BCUT2D eigenvalue weighted by Crippen LogP contribution is 2.40. The van der Waals surface area contributed by atoms with Crippen LogP contribution in [0.4, 0.5) is 5.69 Å². The first-order chi connectivity index (χ1) is 14.6. The molecule has 0 spiro atoms. The van der Waals surface area contributed by atoms with Gasteiger partial charge in [-0.3, -0.25) is 14.5 Å². The van der Waals surface area contributed by atoms with Crippen molar-refractivity contribution in [1.82, 2.24) is 4.90 Å². The van der Waals surface area contributed by atoms with Gasteiger partial charge in [0.15, 0.2) is 17.3 Å². The third kappa shape index (κ3) is 3.51. The maximum Gasteiger partial charge on any atom is 0.238 e. The summed E-state index contributed by atoms with van der Waals surface area (Å²) >= 11 is 3.49. The SMILES string of the molecule is CC(=O)c1cc2c(cc1NC(=O)CN1CCc3sccc3C1c1cccs1)OCO2. The molecule has 0 bridgehead atoms. The van der Waals surface area contributed by atoms with Crippen molar-refractivity contribution in [1.29, 1.82) is 0 Å². The topological polar surface area (TPSA) is 67.9 Å². The number of rotatable bonds is 5. The molecule has 5 rings (SSSR count). The zero-order valence-electron chi connectivity index (χ0n) is 16.3. The normalized spacial score (nSPS) is 17.6. The largest absolute Gasteiger partial charge is 0.454 e. The molecule has 1 atom stereocenters. The number of ether oxygens (including phenoxy) is 2. The van der Waals surface area contributed by atoms with Gasteiger partial charge in [0.25, 0.3) is 0 Å². The van der Waals surface area contributed by atoms with Crippen LogP contribution in [-0.4, -0.2) is 36.5 Å². The van der Waals surface area contributed by atoms with E-state index in [0.29, 0.717) is 22.7 Å². The molecule has 0 radical (unpaired) electrons. The first-order valence-corrected chi connectivity index (χ1v) is 11.4. The number of carbonyl (C=O) groups excluding carboxylic acids is 2. The smallest absolute Gasteiger partial charge is 0.238 e. The summed E-state index contributed by atoms with van der Waals surface area (Å²) in [6.07, 6.45) is 0.935. The van der Waals surface area contributed by atoms with Gasteiger partial charge in [0.2, 0.25) is 12.7 Å². The zero-order valence-corrected chi connectivity index (χ0v) is 18.0. The van der Waals surface area contributed by atoms with Crippen molar-refractivity contribution >= 4 is 40.1 Å². The predicted molar refractivity (Wildman–Crippen MR) is 117 cm³/mol. The van der Waals surface area contributed by atoms with E-state index >= 15 is 0 Å². The molecule has 3 aromatic rings. The van der Waals surface area contributed by atoms with Gasteiger partial charge >= 0.3 is 0 Å². The third-order valence-electron chi connectivity index (χ3n) is 5.39. The molecular weight excluding hydrogens is 420 g/mol. The number of ketones is 1. The number of amides is 1. The van der Waals surface area contributed by atoms with Crippen molar-refractivity contribution in [2.24, 2.45) is 0 Å². The average Bonchev–Trinajstić information content (AvgIpc) is 3.48. The highest BCUT2D eigenvalue weighted by atomic mass is 32.1. The summed E-state index contributed by atoms with van der Waals surface area (Å²) in [4.78, 5) is 29.9. The molecule has 0 aliphatic carbocycles. The number of nitrogens with one attached hydrogen (secondary N) is 1. The molecule has 2 aliphatic heterocycles. The maximum atomic E-state index is 13.0. The molecule has 4 heterocycles. The number of hydrogen-bond donors (Lipinski definition) is 1. The molecule has 1 amide bonds. The fourth-order valence-corrected chi connectivity index (χ4v) is 5.81. The molecule has 0 saturated carbocycles. The van der Waals surface area contributed by atoms with Crippen LogP contribution in [0.25, 0.3) is 0 Å². The molecular formula is C22H20N2O4S2. The zero-order chi connectivity index (χ0) is 20.7. The van der Waals surface area contributed by atoms with Crippen LogP contribution in [0, 0.1) is 0 Å². The molecule has 1 N–H and O–H groups in total. The minimum atomic E-state index is -0.156. The number of anilines is 1. The van der Waals surface area contributed by atoms with Gasteiger partial charge in [0.1, 0.15) is 0 Å². The second-order valence-corrected chi connectivity index (χ2v) is 9.27. The molecule has 1 unspecified atom stereocenters.